The molecule has 9 nitrogen and oxygen atoms in total. The van der Waals surface area contributed by atoms with Crippen molar-refractivity contribution in [2.24, 2.45) is 7.05 Å². The van der Waals surface area contributed by atoms with Gasteiger partial charge in [-0.25, -0.2) is 0 Å². The summed E-state index contributed by atoms with van der Waals surface area (Å²) in [5.41, 5.74) is 5.56. The lowest BCUT2D eigenvalue weighted by Gasteiger charge is -2.41. The molecule has 0 unspecified atom stereocenters. The predicted molar refractivity (Wildman–Crippen MR) is 216 cm³/mol. The van der Waals surface area contributed by atoms with Gasteiger partial charge in [-0.2, -0.15) is 13.2 Å². The number of hydrogen-bond acceptors (Lipinski definition) is 5. The second-order valence-corrected chi connectivity index (χ2v) is 15.5. The van der Waals surface area contributed by atoms with E-state index >= 15 is 9.59 Å². The van der Waals surface area contributed by atoms with Gasteiger partial charge in [0, 0.05) is 85.7 Å². The fraction of sp³-hybridized carbons (Fsp3) is 0.304. The molecule has 0 bridgehead atoms. The normalized spacial score (nSPS) is 17.2. The van der Waals surface area contributed by atoms with Crippen LogP contribution in [0.15, 0.2) is 103 Å². The average molecular weight is 788 g/mol. The molecule has 4 aromatic carbocycles. The third-order valence-electron chi connectivity index (χ3n) is 12.0. The van der Waals surface area contributed by atoms with Gasteiger partial charge in [0.2, 0.25) is 0 Å². The molecule has 5 heterocycles. The Morgan fingerprint density at radius 3 is 2.43 bits per heavy atom. The average Bonchev–Trinajstić information content (AvgIpc) is 3.81. The van der Waals surface area contributed by atoms with E-state index in [9.17, 15) is 18.3 Å². The minimum absolute atomic E-state index is 0.0461. The zero-order chi connectivity index (χ0) is 40.1. The molecule has 2 amide bonds. The number of fused-ring (bicyclic) bond motifs is 3. The van der Waals surface area contributed by atoms with Crippen LogP contribution in [0.2, 0.25) is 0 Å². The van der Waals surface area contributed by atoms with Gasteiger partial charge in [-0.05, 0) is 103 Å². The van der Waals surface area contributed by atoms with Crippen molar-refractivity contribution < 1.29 is 32.6 Å². The number of halogens is 3. The number of ether oxygens (including phenoxy) is 1. The maximum atomic E-state index is 15.1. The van der Waals surface area contributed by atoms with Crippen molar-refractivity contribution >= 4 is 34.1 Å². The zero-order valence-electron chi connectivity index (χ0n) is 32.2. The third-order valence-corrected chi connectivity index (χ3v) is 12.0. The van der Waals surface area contributed by atoms with E-state index in [4.69, 9.17) is 4.74 Å². The third kappa shape index (κ3) is 6.94. The van der Waals surface area contributed by atoms with E-state index in [1.165, 1.54) is 6.07 Å². The van der Waals surface area contributed by atoms with Crippen LogP contribution in [-0.2, 0) is 43.9 Å². The number of morpholine rings is 1. The summed E-state index contributed by atoms with van der Waals surface area (Å²) in [6.45, 7) is 3.45. The number of aromatic hydroxyl groups is 1. The van der Waals surface area contributed by atoms with Crippen LogP contribution in [0, 0.1) is 0 Å². The molecular formula is C46H44F3N5O4. The van der Waals surface area contributed by atoms with Crippen molar-refractivity contribution in [1.29, 1.82) is 0 Å². The number of amides is 2. The van der Waals surface area contributed by atoms with Crippen molar-refractivity contribution in [1.82, 2.24) is 18.9 Å². The van der Waals surface area contributed by atoms with Crippen LogP contribution in [0.1, 0.15) is 55.9 Å². The van der Waals surface area contributed by atoms with Gasteiger partial charge in [0.05, 0.1) is 30.0 Å². The molecule has 12 heteroatoms. The number of rotatable bonds is 7. The Balaban J connectivity index is 1.12. The quantitative estimate of drug-likeness (QED) is 0.175. The first-order chi connectivity index (χ1) is 28.0. The highest BCUT2D eigenvalue weighted by Crippen LogP contribution is 2.40. The summed E-state index contributed by atoms with van der Waals surface area (Å²) >= 11 is 0. The number of nitrogens with zero attached hydrogens (tertiary/aromatic N) is 5. The highest BCUT2D eigenvalue weighted by atomic mass is 19.4. The first-order valence-electron chi connectivity index (χ1n) is 19.8. The Bertz CT molecular complexity index is 2520. The molecule has 1 fully saturated rings. The molecule has 0 aliphatic carbocycles. The Morgan fingerprint density at radius 1 is 0.862 bits per heavy atom. The van der Waals surface area contributed by atoms with Crippen molar-refractivity contribution in [3.8, 4) is 17.0 Å². The highest BCUT2D eigenvalue weighted by molar-refractivity contribution is 6.13. The highest BCUT2D eigenvalue weighted by Gasteiger charge is 2.40. The second-order valence-electron chi connectivity index (χ2n) is 15.5. The van der Waals surface area contributed by atoms with Crippen molar-refractivity contribution in [2.45, 2.75) is 51.0 Å². The lowest BCUT2D eigenvalue weighted by molar-refractivity contribution is -0.138. The largest absolute Gasteiger partial charge is 0.508 e. The smallest absolute Gasteiger partial charge is 0.416 e. The van der Waals surface area contributed by atoms with E-state index in [0.29, 0.717) is 79.4 Å². The molecule has 2 aromatic heterocycles. The summed E-state index contributed by atoms with van der Waals surface area (Å²) in [6.07, 6.45) is 0.0125. The van der Waals surface area contributed by atoms with Gasteiger partial charge in [-0.3, -0.25) is 19.4 Å². The summed E-state index contributed by atoms with van der Waals surface area (Å²) in [6, 6.07) is 27.5. The topological polar surface area (TPSA) is 83.2 Å². The number of benzene rings is 4. The maximum Gasteiger partial charge on any atom is 0.416 e. The van der Waals surface area contributed by atoms with E-state index < -0.39 is 17.8 Å². The molecule has 298 valence electrons. The van der Waals surface area contributed by atoms with Crippen LogP contribution >= 0.6 is 0 Å². The number of alkyl halides is 3. The Kier molecular flexibility index (Phi) is 9.85. The van der Waals surface area contributed by atoms with Gasteiger partial charge < -0.3 is 23.9 Å². The van der Waals surface area contributed by atoms with E-state index in [1.807, 2.05) is 66.3 Å². The van der Waals surface area contributed by atoms with Crippen LogP contribution in [0.3, 0.4) is 0 Å². The summed E-state index contributed by atoms with van der Waals surface area (Å²) in [7, 11) is 1.96. The molecule has 1 atom stereocenters. The lowest BCUT2D eigenvalue weighted by Crippen LogP contribution is -2.52. The molecule has 0 saturated carbocycles. The molecule has 1 N–H and O–H groups in total. The summed E-state index contributed by atoms with van der Waals surface area (Å²) in [5, 5.41) is 11.2. The number of phenolic OH excluding ortho intramolecular Hbond substituents is 1. The van der Waals surface area contributed by atoms with Crippen LogP contribution in [0.5, 0.6) is 5.75 Å². The number of anilines is 2. The fourth-order valence-corrected chi connectivity index (χ4v) is 9.06. The van der Waals surface area contributed by atoms with Crippen molar-refractivity contribution in [3.63, 3.8) is 0 Å². The molecule has 58 heavy (non-hydrogen) atoms. The van der Waals surface area contributed by atoms with Gasteiger partial charge in [0.25, 0.3) is 11.8 Å². The van der Waals surface area contributed by atoms with Crippen LogP contribution in [-0.4, -0.2) is 74.7 Å². The first kappa shape index (κ1) is 37.7. The number of carbonyl (C=O) groups is 2. The zero-order valence-corrected chi connectivity index (χ0v) is 32.2. The number of aryl methyl sites for hydroxylation is 1. The van der Waals surface area contributed by atoms with E-state index in [1.54, 1.807) is 46.2 Å². The molecule has 3 aliphatic rings. The van der Waals surface area contributed by atoms with Gasteiger partial charge >= 0.3 is 6.18 Å². The van der Waals surface area contributed by atoms with Gasteiger partial charge in [0.1, 0.15) is 5.75 Å². The summed E-state index contributed by atoms with van der Waals surface area (Å²) in [4.78, 5) is 35.7. The molecule has 1 saturated heterocycles. The monoisotopic (exact) mass is 787 g/mol. The second kappa shape index (κ2) is 15.1. The van der Waals surface area contributed by atoms with Crippen molar-refractivity contribution in [2.75, 3.05) is 37.7 Å². The minimum Gasteiger partial charge on any atom is -0.508 e. The number of carbonyl (C=O) groups excluding carboxylic acids is 2. The van der Waals surface area contributed by atoms with E-state index in [2.05, 4.69) is 9.47 Å². The minimum atomic E-state index is -4.51. The van der Waals surface area contributed by atoms with E-state index in [0.717, 1.165) is 41.2 Å². The van der Waals surface area contributed by atoms with E-state index in [-0.39, 0.29) is 36.1 Å². The number of aromatic nitrogens is 2. The van der Waals surface area contributed by atoms with Crippen LogP contribution in [0.4, 0.5) is 24.5 Å². The molecule has 0 spiro atoms. The van der Waals surface area contributed by atoms with Crippen LogP contribution < -0.4 is 4.90 Å². The van der Waals surface area contributed by atoms with Gasteiger partial charge in [-0.15, -0.1) is 0 Å². The molecule has 9 rings (SSSR count). The SMILES string of the molecule is Cn1ccc2ccc(N(C(=O)c3cc(-c4ccccc4C(=O)N4Cc5cccc(C(F)(F)F)c5C[C@H]4CN4CCOCC4)n4c3CCCC4)c3ccc(O)cc3)cc21. The molecule has 0 radical (unpaired) electrons. The number of phenols is 1. The number of hydrogen-bond donors (Lipinski definition) is 1. The Labute approximate surface area is 334 Å². The predicted octanol–water partition coefficient (Wildman–Crippen LogP) is 8.59. The van der Waals surface area contributed by atoms with Crippen molar-refractivity contribution in [3.05, 3.63) is 137 Å². The first-order valence-corrected chi connectivity index (χ1v) is 19.8. The lowest BCUT2D eigenvalue weighted by atomic mass is 9.88. The van der Waals surface area contributed by atoms with Gasteiger partial charge in [0.15, 0.2) is 0 Å². The fourth-order valence-electron chi connectivity index (χ4n) is 9.06. The van der Waals surface area contributed by atoms with Gasteiger partial charge in [-0.1, -0.05) is 36.4 Å². The molecule has 6 aromatic rings. The molecule has 3 aliphatic heterocycles. The standard InChI is InChI=1S/C46H44F3N5O4/c1-50-20-18-30-12-13-33(26-42(30)50)54(32-14-16-35(55)17-15-32)45(57)39-27-43(52-19-5-4-11-41(39)52)36-8-2-3-9-37(36)44(56)53-28-31-7-6-10-40(46(47,48)49)38(31)25-34(53)29-51-21-23-58-24-22-51/h2-3,6-10,12-18,20,26-27,34,55H,4-5,11,19,21-25,28-29H2,1H3/t34-/m0/s1. The Hall–Kier alpha value is -5.85. The Morgan fingerprint density at radius 2 is 1.64 bits per heavy atom. The molecular weight excluding hydrogens is 744 g/mol. The summed E-state index contributed by atoms with van der Waals surface area (Å²) < 4.78 is 52.6. The maximum absolute atomic E-state index is 15.1. The van der Waals surface area contributed by atoms with Crippen LogP contribution in [0.25, 0.3) is 22.2 Å². The summed E-state index contributed by atoms with van der Waals surface area (Å²) in [5.74, 6) is -0.416.